The summed E-state index contributed by atoms with van der Waals surface area (Å²) in [4.78, 5) is 12.2. The lowest BCUT2D eigenvalue weighted by molar-refractivity contribution is 0.103. The van der Waals surface area contributed by atoms with Gasteiger partial charge >= 0.3 is 0 Å². The van der Waals surface area contributed by atoms with Crippen molar-refractivity contribution < 1.29 is 9.90 Å². The maximum absolute atomic E-state index is 12.2. The van der Waals surface area contributed by atoms with E-state index in [1.165, 1.54) is 0 Å². The topological polar surface area (TPSA) is 63.3 Å². The van der Waals surface area contributed by atoms with Gasteiger partial charge in [0.25, 0.3) is 0 Å². The summed E-state index contributed by atoms with van der Waals surface area (Å²) in [6.45, 7) is 0. The van der Waals surface area contributed by atoms with Crippen molar-refractivity contribution in [2.45, 2.75) is 12.6 Å². The molecule has 1 unspecified atom stereocenters. The molecule has 0 aliphatic heterocycles. The largest absolute Gasteiger partial charge is 0.378 e. The monoisotopic (exact) mass is 241 g/mol. The number of aliphatic hydroxyl groups is 1. The van der Waals surface area contributed by atoms with Crippen molar-refractivity contribution in [1.82, 2.24) is 0 Å². The van der Waals surface area contributed by atoms with Crippen LogP contribution in [0.4, 0.5) is 0 Å². The number of ketones is 1. The highest BCUT2D eigenvalue weighted by Gasteiger charge is 2.09. The number of hydrogen-bond donors (Lipinski definition) is 2. The smallest absolute Gasteiger partial charge is 0.193 e. The molecule has 2 aromatic carbocycles. The second kappa shape index (κ2) is 5.58. The van der Waals surface area contributed by atoms with Crippen LogP contribution < -0.4 is 5.73 Å². The van der Waals surface area contributed by atoms with Crippen LogP contribution in [0.1, 0.15) is 21.5 Å². The number of nitrogens with two attached hydrogens (primary N) is 1. The first-order valence-electron chi connectivity index (χ1n) is 5.79. The van der Waals surface area contributed by atoms with E-state index >= 15 is 0 Å². The van der Waals surface area contributed by atoms with Crippen molar-refractivity contribution in [3.63, 3.8) is 0 Å². The predicted octanol–water partition coefficient (Wildman–Crippen LogP) is 1.74. The first-order chi connectivity index (χ1) is 8.66. The van der Waals surface area contributed by atoms with E-state index in [0.29, 0.717) is 17.5 Å². The zero-order valence-electron chi connectivity index (χ0n) is 9.91. The van der Waals surface area contributed by atoms with Gasteiger partial charge in [-0.25, -0.2) is 0 Å². The van der Waals surface area contributed by atoms with Gasteiger partial charge in [0.05, 0.1) is 0 Å². The average molecular weight is 241 g/mol. The molecule has 3 heteroatoms. The molecule has 2 aromatic rings. The van der Waals surface area contributed by atoms with Gasteiger partial charge in [-0.3, -0.25) is 4.79 Å². The molecule has 92 valence electrons. The second-order valence-corrected chi connectivity index (χ2v) is 4.17. The Morgan fingerprint density at radius 3 is 2.39 bits per heavy atom. The minimum absolute atomic E-state index is 0.0241. The lowest BCUT2D eigenvalue weighted by Crippen LogP contribution is -2.21. The van der Waals surface area contributed by atoms with Gasteiger partial charge in [-0.1, -0.05) is 48.5 Å². The molecule has 0 aliphatic carbocycles. The third kappa shape index (κ3) is 3.03. The van der Waals surface area contributed by atoms with Crippen LogP contribution in [-0.2, 0) is 6.42 Å². The van der Waals surface area contributed by atoms with Crippen molar-refractivity contribution >= 4 is 5.78 Å². The highest BCUT2D eigenvalue weighted by molar-refractivity contribution is 6.09. The average Bonchev–Trinajstić information content (AvgIpc) is 2.38. The third-order valence-electron chi connectivity index (χ3n) is 2.67. The van der Waals surface area contributed by atoms with Gasteiger partial charge in [0.2, 0.25) is 0 Å². The number of aliphatic hydroxyl groups excluding tert-OH is 1. The van der Waals surface area contributed by atoms with Crippen molar-refractivity contribution in [1.29, 1.82) is 0 Å². The Morgan fingerprint density at radius 2 is 1.72 bits per heavy atom. The van der Waals surface area contributed by atoms with E-state index in [-0.39, 0.29) is 5.78 Å². The summed E-state index contributed by atoms with van der Waals surface area (Å²) < 4.78 is 0. The first-order valence-corrected chi connectivity index (χ1v) is 5.79. The molecule has 0 amide bonds. The van der Waals surface area contributed by atoms with E-state index in [4.69, 9.17) is 10.8 Å². The summed E-state index contributed by atoms with van der Waals surface area (Å²) in [6, 6.07) is 16.3. The maximum atomic E-state index is 12.2. The minimum atomic E-state index is -0.896. The lowest BCUT2D eigenvalue weighted by Gasteiger charge is -2.06. The van der Waals surface area contributed by atoms with Gasteiger partial charge in [-0.15, -0.1) is 0 Å². The van der Waals surface area contributed by atoms with Crippen LogP contribution in [0, 0.1) is 0 Å². The Morgan fingerprint density at radius 1 is 1.06 bits per heavy atom. The Labute approximate surface area is 106 Å². The van der Waals surface area contributed by atoms with Crippen molar-refractivity contribution in [2.75, 3.05) is 0 Å². The van der Waals surface area contributed by atoms with Crippen molar-refractivity contribution in [3.05, 3.63) is 71.3 Å². The number of rotatable bonds is 4. The molecule has 0 bridgehead atoms. The molecule has 3 nitrogen and oxygen atoms in total. The molecule has 0 spiro atoms. The molecule has 18 heavy (non-hydrogen) atoms. The summed E-state index contributed by atoms with van der Waals surface area (Å²) in [5.41, 5.74) is 7.45. The van der Waals surface area contributed by atoms with E-state index in [2.05, 4.69) is 0 Å². The molecular formula is C15H15NO2. The van der Waals surface area contributed by atoms with Crippen LogP contribution in [0.15, 0.2) is 54.6 Å². The molecule has 3 N–H and O–H groups in total. The summed E-state index contributed by atoms with van der Waals surface area (Å²) in [5, 5.41) is 9.15. The van der Waals surface area contributed by atoms with Crippen LogP contribution in [0.3, 0.4) is 0 Å². The van der Waals surface area contributed by atoms with Crippen LogP contribution in [-0.4, -0.2) is 17.1 Å². The van der Waals surface area contributed by atoms with Crippen LogP contribution in [0.2, 0.25) is 0 Å². The molecular weight excluding hydrogens is 226 g/mol. The van der Waals surface area contributed by atoms with E-state index in [1.807, 2.05) is 24.3 Å². The van der Waals surface area contributed by atoms with Gasteiger partial charge < -0.3 is 10.8 Å². The highest BCUT2D eigenvalue weighted by atomic mass is 16.3. The summed E-state index contributed by atoms with van der Waals surface area (Å²) >= 11 is 0. The standard InChI is InChI=1S/C15H15NO2/c16-14(17)10-11-5-4-8-13(9-11)15(18)12-6-2-1-3-7-12/h1-9,14,17H,10,16H2. The van der Waals surface area contributed by atoms with Crippen LogP contribution in [0.25, 0.3) is 0 Å². The van der Waals surface area contributed by atoms with Gasteiger partial charge in [0, 0.05) is 17.5 Å². The lowest BCUT2D eigenvalue weighted by atomic mass is 10.0. The first kappa shape index (κ1) is 12.5. The van der Waals surface area contributed by atoms with Crippen LogP contribution >= 0.6 is 0 Å². The van der Waals surface area contributed by atoms with E-state index in [1.54, 1.807) is 30.3 Å². The van der Waals surface area contributed by atoms with Gasteiger partial charge in [-0.2, -0.15) is 0 Å². The van der Waals surface area contributed by atoms with Crippen molar-refractivity contribution in [2.24, 2.45) is 5.73 Å². The molecule has 0 heterocycles. The van der Waals surface area contributed by atoms with Gasteiger partial charge in [-0.05, 0) is 11.6 Å². The predicted molar refractivity (Wildman–Crippen MR) is 70.2 cm³/mol. The van der Waals surface area contributed by atoms with Gasteiger partial charge in [0.15, 0.2) is 5.78 Å². The van der Waals surface area contributed by atoms with Crippen LogP contribution in [0.5, 0.6) is 0 Å². The number of carbonyl (C=O) groups excluding carboxylic acids is 1. The molecule has 2 rings (SSSR count). The molecule has 0 saturated carbocycles. The fourth-order valence-corrected chi connectivity index (χ4v) is 1.84. The summed E-state index contributed by atoms with van der Waals surface area (Å²) in [7, 11) is 0. The summed E-state index contributed by atoms with van der Waals surface area (Å²) in [5.74, 6) is -0.0241. The highest BCUT2D eigenvalue weighted by Crippen LogP contribution is 2.12. The Kier molecular flexibility index (Phi) is 3.87. The molecule has 0 aliphatic rings. The SMILES string of the molecule is NC(O)Cc1cccc(C(=O)c2ccccc2)c1. The van der Waals surface area contributed by atoms with E-state index in [9.17, 15) is 4.79 Å². The van der Waals surface area contributed by atoms with Gasteiger partial charge in [0.1, 0.15) is 6.23 Å². The zero-order valence-corrected chi connectivity index (χ0v) is 9.91. The quantitative estimate of drug-likeness (QED) is 0.633. The van der Waals surface area contributed by atoms with E-state index < -0.39 is 6.23 Å². The Hall–Kier alpha value is -1.97. The fourth-order valence-electron chi connectivity index (χ4n) is 1.84. The van der Waals surface area contributed by atoms with Crippen molar-refractivity contribution in [3.8, 4) is 0 Å². The number of benzene rings is 2. The Bertz CT molecular complexity index is 535. The maximum Gasteiger partial charge on any atom is 0.193 e. The molecule has 1 atom stereocenters. The van der Waals surface area contributed by atoms with E-state index in [0.717, 1.165) is 5.56 Å². The molecule has 0 aromatic heterocycles. The Balaban J connectivity index is 2.26. The minimum Gasteiger partial charge on any atom is -0.378 e. The number of carbonyl (C=O) groups is 1. The third-order valence-corrected chi connectivity index (χ3v) is 2.67. The normalized spacial score (nSPS) is 12.1. The fraction of sp³-hybridized carbons (Fsp3) is 0.133. The summed E-state index contributed by atoms with van der Waals surface area (Å²) in [6.07, 6.45) is -0.553. The second-order valence-electron chi connectivity index (χ2n) is 4.17. The molecule has 0 saturated heterocycles. The molecule has 0 radical (unpaired) electrons. The molecule has 0 fully saturated rings. The number of hydrogen-bond acceptors (Lipinski definition) is 3. The zero-order chi connectivity index (χ0) is 13.0.